The van der Waals surface area contributed by atoms with Crippen LogP contribution in [0.25, 0.3) is 0 Å². The molecule has 4 amide bonds. The average Bonchev–Trinajstić information content (AvgIpc) is 3.36. The second kappa shape index (κ2) is 11.1. The van der Waals surface area contributed by atoms with Crippen molar-refractivity contribution < 1.29 is 14.4 Å². The number of hydrazone groups is 1. The number of carbonyl (C=O) groups excluding carboxylic acids is 3. The minimum absolute atomic E-state index is 0.0388. The molecule has 8 nitrogen and oxygen atoms in total. The third-order valence-electron chi connectivity index (χ3n) is 5.56. The molecular formula is C27H27N5O3. The lowest BCUT2D eigenvalue weighted by Crippen LogP contribution is -2.25. The van der Waals surface area contributed by atoms with Gasteiger partial charge >= 0.3 is 6.03 Å². The molecule has 8 heteroatoms. The lowest BCUT2D eigenvalue weighted by molar-refractivity contribution is -0.132. The summed E-state index contributed by atoms with van der Waals surface area (Å²) in [6.45, 7) is 2.38. The van der Waals surface area contributed by atoms with Crippen LogP contribution in [0.5, 0.6) is 0 Å². The first-order chi connectivity index (χ1) is 17.0. The number of aryl methyl sites for hydroxylation is 1. The van der Waals surface area contributed by atoms with Crippen LogP contribution in [0.15, 0.2) is 84.0 Å². The third kappa shape index (κ3) is 6.54. The van der Waals surface area contributed by atoms with Gasteiger partial charge in [0.1, 0.15) is 0 Å². The zero-order chi connectivity index (χ0) is 24.6. The molecule has 0 unspecified atom stereocenters. The number of nitrogens with one attached hydrogen (secondary N) is 3. The fraction of sp³-hybridized carbons (Fsp3) is 0.185. The lowest BCUT2D eigenvalue weighted by atomic mass is 10.1. The Morgan fingerprint density at radius 1 is 0.829 bits per heavy atom. The third-order valence-corrected chi connectivity index (χ3v) is 5.56. The molecule has 0 bridgehead atoms. The van der Waals surface area contributed by atoms with E-state index in [1.54, 1.807) is 24.3 Å². The van der Waals surface area contributed by atoms with Crippen LogP contribution in [0, 0.1) is 6.92 Å². The quantitative estimate of drug-likeness (QED) is 0.454. The predicted molar refractivity (Wildman–Crippen MR) is 137 cm³/mol. The number of anilines is 3. The average molecular weight is 470 g/mol. The van der Waals surface area contributed by atoms with Gasteiger partial charge in [0, 0.05) is 36.3 Å². The molecule has 3 N–H and O–H groups in total. The Balaban J connectivity index is 1.29. The van der Waals surface area contributed by atoms with Gasteiger partial charge < -0.3 is 16.0 Å². The number of nitrogens with zero attached hydrogens (tertiary/aromatic N) is 2. The van der Waals surface area contributed by atoms with Gasteiger partial charge in [-0.15, -0.1) is 0 Å². The smallest absolute Gasteiger partial charge is 0.323 e. The summed E-state index contributed by atoms with van der Waals surface area (Å²) in [7, 11) is 0. The highest BCUT2D eigenvalue weighted by molar-refractivity contribution is 6.03. The largest absolute Gasteiger partial charge is 0.326 e. The molecule has 0 spiro atoms. The summed E-state index contributed by atoms with van der Waals surface area (Å²) in [5.41, 5.74) is 4.51. The predicted octanol–water partition coefficient (Wildman–Crippen LogP) is 4.99. The van der Waals surface area contributed by atoms with Crippen LogP contribution in [0.4, 0.5) is 21.9 Å². The monoisotopic (exact) mass is 469 g/mol. The lowest BCUT2D eigenvalue weighted by Gasteiger charge is -2.13. The molecule has 1 aliphatic heterocycles. The van der Waals surface area contributed by atoms with Gasteiger partial charge in [-0.05, 0) is 42.3 Å². The summed E-state index contributed by atoms with van der Waals surface area (Å²) in [6.07, 6.45) is 0.795. The van der Waals surface area contributed by atoms with Crippen LogP contribution in [0.2, 0.25) is 0 Å². The number of hydrogen-bond acceptors (Lipinski definition) is 4. The number of rotatable bonds is 7. The normalized spacial score (nSPS) is 12.6. The number of amides is 4. The molecular weight excluding hydrogens is 442 g/mol. The first kappa shape index (κ1) is 23.7. The van der Waals surface area contributed by atoms with E-state index in [1.165, 1.54) is 5.01 Å². The fourth-order valence-electron chi connectivity index (χ4n) is 3.68. The summed E-state index contributed by atoms with van der Waals surface area (Å²) >= 11 is 0. The number of benzene rings is 3. The Kier molecular flexibility index (Phi) is 7.52. The van der Waals surface area contributed by atoms with Gasteiger partial charge in [-0.3, -0.25) is 9.59 Å². The van der Waals surface area contributed by atoms with Gasteiger partial charge in [0.05, 0.1) is 12.3 Å². The Labute approximate surface area is 204 Å². The molecule has 0 fully saturated rings. The molecule has 0 aliphatic carbocycles. The van der Waals surface area contributed by atoms with Crippen LogP contribution < -0.4 is 16.0 Å². The molecule has 0 radical (unpaired) electrons. The van der Waals surface area contributed by atoms with Crippen molar-refractivity contribution in [2.24, 2.45) is 5.10 Å². The van der Waals surface area contributed by atoms with E-state index in [1.807, 2.05) is 61.5 Å². The first-order valence-electron chi connectivity index (χ1n) is 11.4. The van der Waals surface area contributed by atoms with Crippen LogP contribution in [-0.4, -0.2) is 35.1 Å². The molecule has 3 aromatic carbocycles. The van der Waals surface area contributed by atoms with Crippen molar-refractivity contribution >= 4 is 40.6 Å². The van der Waals surface area contributed by atoms with Gasteiger partial charge in [-0.1, -0.05) is 54.6 Å². The van der Waals surface area contributed by atoms with E-state index in [0.717, 1.165) is 16.8 Å². The van der Waals surface area contributed by atoms with E-state index in [2.05, 4.69) is 21.1 Å². The molecule has 0 saturated carbocycles. The highest BCUT2D eigenvalue weighted by Gasteiger charge is 2.22. The summed E-state index contributed by atoms with van der Waals surface area (Å²) in [4.78, 5) is 37.3. The molecule has 35 heavy (non-hydrogen) atoms. The van der Waals surface area contributed by atoms with Crippen LogP contribution >= 0.6 is 0 Å². The van der Waals surface area contributed by atoms with Crippen molar-refractivity contribution in [3.05, 3.63) is 90.0 Å². The Morgan fingerprint density at radius 2 is 1.51 bits per heavy atom. The molecule has 1 heterocycles. The number of urea groups is 1. The van der Waals surface area contributed by atoms with Gasteiger partial charge in [0.15, 0.2) is 0 Å². The zero-order valence-corrected chi connectivity index (χ0v) is 19.5. The highest BCUT2D eigenvalue weighted by Crippen LogP contribution is 2.21. The van der Waals surface area contributed by atoms with Crippen molar-refractivity contribution in [3.63, 3.8) is 0 Å². The maximum absolute atomic E-state index is 12.6. The zero-order valence-electron chi connectivity index (χ0n) is 19.5. The van der Waals surface area contributed by atoms with E-state index in [4.69, 9.17) is 0 Å². The molecule has 0 atom stereocenters. The molecule has 178 valence electrons. The Bertz CT molecular complexity index is 1240. The summed E-state index contributed by atoms with van der Waals surface area (Å²) < 4.78 is 0. The van der Waals surface area contributed by atoms with Crippen LogP contribution in [-0.2, 0) is 9.59 Å². The van der Waals surface area contributed by atoms with E-state index in [0.29, 0.717) is 30.0 Å². The summed E-state index contributed by atoms with van der Waals surface area (Å²) in [5.74, 6) is -0.463. The summed E-state index contributed by atoms with van der Waals surface area (Å²) in [5, 5.41) is 14.2. The van der Waals surface area contributed by atoms with Crippen molar-refractivity contribution in [2.45, 2.75) is 26.2 Å². The topological polar surface area (TPSA) is 103 Å². The molecule has 3 aromatic rings. The molecule has 0 aromatic heterocycles. The SMILES string of the molecule is Cc1ccc(NC(=O)Nc2ccccc2)cc1NC(=O)CCC(=O)N1CCC(c2ccccc2)=N1. The van der Waals surface area contributed by atoms with Crippen molar-refractivity contribution in [2.75, 3.05) is 22.5 Å². The maximum Gasteiger partial charge on any atom is 0.323 e. The minimum Gasteiger partial charge on any atom is -0.326 e. The minimum atomic E-state index is -0.385. The maximum atomic E-state index is 12.6. The first-order valence-corrected chi connectivity index (χ1v) is 11.4. The standard InChI is InChI=1S/C27H27N5O3/c1-19-12-13-22(29-27(35)28-21-10-6-3-7-11-21)18-24(19)30-25(33)14-15-26(34)32-17-16-23(31-32)20-8-4-2-5-9-20/h2-13,18H,14-17H2,1H3,(H,30,33)(H2,28,29,35). The van der Waals surface area contributed by atoms with E-state index in [9.17, 15) is 14.4 Å². The second-order valence-electron chi connectivity index (χ2n) is 8.20. The van der Waals surface area contributed by atoms with Crippen LogP contribution in [0.3, 0.4) is 0 Å². The van der Waals surface area contributed by atoms with E-state index >= 15 is 0 Å². The second-order valence-corrected chi connectivity index (χ2v) is 8.20. The van der Waals surface area contributed by atoms with E-state index in [-0.39, 0.29) is 30.7 Å². The molecule has 1 aliphatic rings. The highest BCUT2D eigenvalue weighted by atomic mass is 16.2. The number of para-hydroxylation sites is 1. The number of carbonyl (C=O) groups is 3. The van der Waals surface area contributed by atoms with Gasteiger partial charge in [0.25, 0.3) is 0 Å². The Morgan fingerprint density at radius 3 is 2.26 bits per heavy atom. The molecule has 0 saturated heterocycles. The van der Waals surface area contributed by atoms with Gasteiger partial charge in [-0.2, -0.15) is 5.10 Å². The van der Waals surface area contributed by atoms with Crippen molar-refractivity contribution in [1.29, 1.82) is 0 Å². The number of hydrogen-bond donors (Lipinski definition) is 3. The van der Waals surface area contributed by atoms with Crippen molar-refractivity contribution in [1.82, 2.24) is 5.01 Å². The van der Waals surface area contributed by atoms with E-state index < -0.39 is 0 Å². The molecule has 4 rings (SSSR count). The fourth-order valence-corrected chi connectivity index (χ4v) is 3.68. The summed E-state index contributed by atoms with van der Waals surface area (Å²) in [6, 6.07) is 23.7. The van der Waals surface area contributed by atoms with Gasteiger partial charge in [0.2, 0.25) is 11.8 Å². The van der Waals surface area contributed by atoms with Gasteiger partial charge in [-0.25, -0.2) is 9.80 Å². The van der Waals surface area contributed by atoms with Crippen LogP contribution in [0.1, 0.15) is 30.4 Å². The van der Waals surface area contributed by atoms with Crippen molar-refractivity contribution in [3.8, 4) is 0 Å². The Hall–Kier alpha value is -4.46.